The monoisotopic (exact) mass is 304 g/mol. The molecule has 23 heavy (non-hydrogen) atoms. The van der Waals surface area contributed by atoms with Crippen LogP contribution in [0.25, 0.3) is 11.1 Å². The molecule has 3 rings (SSSR count). The molecule has 0 fully saturated rings. The van der Waals surface area contributed by atoms with Crippen molar-refractivity contribution in [2.24, 2.45) is 0 Å². The van der Waals surface area contributed by atoms with Crippen LogP contribution in [0, 0.1) is 17.1 Å². The summed E-state index contributed by atoms with van der Waals surface area (Å²) in [6, 6.07) is 20.9. The summed E-state index contributed by atoms with van der Waals surface area (Å²) in [4.78, 5) is 3.70. The van der Waals surface area contributed by atoms with Crippen molar-refractivity contribution in [1.82, 2.24) is 4.98 Å². The van der Waals surface area contributed by atoms with Crippen LogP contribution in [0.3, 0.4) is 0 Å². The normalized spacial score (nSPS) is 10.1. The lowest BCUT2D eigenvalue weighted by molar-refractivity contribution is 0.303. The summed E-state index contributed by atoms with van der Waals surface area (Å²) in [5.41, 5.74) is 3.01. The van der Waals surface area contributed by atoms with Gasteiger partial charge in [0.25, 0.3) is 0 Å². The van der Waals surface area contributed by atoms with E-state index in [1.165, 1.54) is 12.3 Å². The third-order valence-corrected chi connectivity index (χ3v) is 3.39. The van der Waals surface area contributed by atoms with E-state index in [9.17, 15) is 4.39 Å². The van der Waals surface area contributed by atoms with Crippen LogP contribution >= 0.6 is 0 Å². The first-order chi connectivity index (χ1) is 11.3. The highest BCUT2D eigenvalue weighted by Gasteiger charge is 2.05. The van der Waals surface area contributed by atoms with Crippen molar-refractivity contribution in [3.8, 4) is 22.9 Å². The van der Waals surface area contributed by atoms with Gasteiger partial charge in [0.05, 0.1) is 6.20 Å². The maximum atomic E-state index is 13.5. The van der Waals surface area contributed by atoms with Crippen LogP contribution in [0.2, 0.25) is 0 Å². The van der Waals surface area contributed by atoms with Crippen molar-refractivity contribution in [3.63, 3.8) is 0 Å². The predicted octanol–water partition coefficient (Wildman–Crippen LogP) is 4.34. The average Bonchev–Trinajstić information content (AvgIpc) is 2.61. The fourth-order valence-corrected chi connectivity index (χ4v) is 2.17. The Morgan fingerprint density at radius 1 is 1.00 bits per heavy atom. The molecule has 0 saturated heterocycles. The van der Waals surface area contributed by atoms with Gasteiger partial charge in [0.2, 0.25) is 0 Å². The molecule has 0 spiro atoms. The van der Waals surface area contributed by atoms with Gasteiger partial charge in [-0.25, -0.2) is 9.37 Å². The molecule has 0 aliphatic rings. The summed E-state index contributed by atoms with van der Waals surface area (Å²) in [5, 5.41) is 8.64. The first-order valence-electron chi connectivity index (χ1n) is 7.09. The number of ether oxygens (including phenoxy) is 1. The summed E-state index contributed by atoms with van der Waals surface area (Å²) < 4.78 is 19.0. The Morgan fingerprint density at radius 2 is 1.70 bits per heavy atom. The molecule has 0 N–H and O–H groups in total. The van der Waals surface area contributed by atoms with Crippen LogP contribution in [-0.2, 0) is 6.61 Å². The van der Waals surface area contributed by atoms with E-state index in [-0.39, 0.29) is 5.69 Å². The minimum Gasteiger partial charge on any atom is -0.487 e. The first-order valence-corrected chi connectivity index (χ1v) is 7.09. The van der Waals surface area contributed by atoms with Crippen LogP contribution in [-0.4, -0.2) is 4.98 Å². The zero-order chi connectivity index (χ0) is 16.1. The van der Waals surface area contributed by atoms with E-state index < -0.39 is 5.82 Å². The van der Waals surface area contributed by atoms with Gasteiger partial charge in [0.15, 0.2) is 11.5 Å². The smallest absolute Gasteiger partial charge is 0.176 e. The third kappa shape index (κ3) is 3.53. The van der Waals surface area contributed by atoms with Gasteiger partial charge in [-0.2, -0.15) is 5.26 Å². The van der Waals surface area contributed by atoms with E-state index in [2.05, 4.69) is 17.1 Å². The lowest BCUT2D eigenvalue weighted by Crippen LogP contribution is -1.98. The van der Waals surface area contributed by atoms with Gasteiger partial charge in [0, 0.05) is 6.07 Å². The third-order valence-electron chi connectivity index (χ3n) is 3.39. The highest BCUT2D eigenvalue weighted by Crippen LogP contribution is 2.20. The lowest BCUT2D eigenvalue weighted by atomic mass is 10.0. The molecular formula is C19H13FN2O. The largest absolute Gasteiger partial charge is 0.487 e. The molecule has 0 bridgehead atoms. The van der Waals surface area contributed by atoms with Crippen molar-refractivity contribution in [2.45, 2.75) is 6.61 Å². The second-order valence-corrected chi connectivity index (χ2v) is 4.96. The molecule has 0 unspecified atom stereocenters. The summed E-state index contributed by atoms with van der Waals surface area (Å²) in [7, 11) is 0. The number of nitriles is 1. The van der Waals surface area contributed by atoms with Gasteiger partial charge in [-0.15, -0.1) is 0 Å². The number of benzene rings is 2. The van der Waals surface area contributed by atoms with Gasteiger partial charge in [0.1, 0.15) is 18.4 Å². The molecule has 0 aliphatic carbocycles. The fraction of sp³-hybridized carbons (Fsp3) is 0.0526. The summed E-state index contributed by atoms with van der Waals surface area (Å²) in [5.74, 6) is -0.377. The molecule has 3 aromatic rings. The highest BCUT2D eigenvalue weighted by atomic mass is 19.1. The van der Waals surface area contributed by atoms with Crippen molar-refractivity contribution in [3.05, 3.63) is 83.9 Å². The van der Waals surface area contributed by atoms with E-state index >= 15 is 0 Å². The van der Waals surface area contributed by atoms with Crippen molar-refractivity contribution >= 4 is 0 Å². The SMILES string of the molecule is N#Cc1ncc(OCc2ccc(-c3ccccc3)cc2)cc1F. The number of hydrogen-bond donors (Lipinski definition) is 0. The minimum absolute atomic E-state index is 0.232. The summed E-state index contributed by atoms with van der Waals surface area (Å²) in [6.45, 7) is 0.308. The molecule has 4 heteroatoms. The van der Waals surface area contributed by atoms with Crippen molar-refractivity contribution in [2.75, 3.05) is 0 Å². The Labute approximate surface area is 133 Å². The molecular weight excluding hydrogens is 291 g/mol. The topological polar surface area (TPSA) is 45.9 Å². The number of halogens is 1. The average molecular weight is 304 g/mol. The van der Waals surface area contributed by atoms with Gasteiger partial charge in [-0.3, -0.25) is 0 Å². The van der Waals surface area contributed by atoms with Crippen LogP contribution in [0.15, 0.2) is 66.9 Å². The zero-order valence-electron chi connectivity index (χ0n) is 12.2. The van der Waals surface area contributed by atoms with E-state index in [0.717, 1.165) is 16.7 Å². The summed E-state index contributed by atoms with van der Waals surface area (Å²) >= 11 is 0. The number of pyridine rings is 1. The predicted molar refractivity (Wildman–Crippen MR) is 85.1 cm³/mol. The molecule has 0 radical (unpaired) electrons. The molecule has 0 amide bonds. The number of rotatable bonds is 4. The highest BCUT2D eigenvalue weighted by molar-refractivity contribution is 5.63. The van der Waals surface area contributed by atoms with Gasteiger partial charge in [-0.05, 0) is 16.7 Å². The number of aromatic nitrogens is 1. The van der Waals surface area contributed by atoms with Crippen LogP contribution in [0.1, 0.15) is 11.3 Å². The quantitative estimate of drug-likeness (QED) is 0.720. The first kappa shape index (κ1) is 14.7. The molecule has 2 aromatic carbocycles. The Bertz CT molecular complexity index is 839. The fourth-order valence-electron chi connectivity index (χ4n) is 2.17. The minimum atomic E-state index is -0.676. The lowest BCUT2D eigenvalue weighted by Gasteiger charge is -2.07. The van der Waals surface area contributed by atoms with Gasteiger partial charge in [-0.1, -0.05) is 54.6 Å². The van der Waals surface area contributed by atoms with Crippen molar-refractivity contribution in [1.29, 1.82) is 5.26 Å². The maximum absolute atomic E-state index is 13.5. The zero-order valence-corrected chi connectivity index (χ0v) is 12.2. The Balaban J connectivity index is 1.67. The second-order valence-electron chi connectivity index (χ2n) is 4.96. The molecule has 1 heterocycles. The molecule has 112 valence electrons. The number of nitrogens with zero attached hydrogens (tertiary/aromatic N) is 2. The van der Waals surface area contributed by atoms with E-state index in [1.807, 2.05) is 42.5 Å². The van der Waals surface area contributed by atoms with Crippen LogP contribution in [0.4, 0.5) is 4.39 Å². The van der Waals surface area contributed by atoms with Crippen molar-refractivity contribution < 1.29 is 9.13 Å². The summed E-state index contributed by atoms with van der Waals surface area (Å²) in [6.07, 6.45) is 1.35. The van der Waals surface area contributed by atoms with Crippen LogP contribution in [0.5, 0.6) is 5.75 Å². The Kier molecular flexibility index (Phi) is 4.30. The van der Waals surface area contributed by atoms with E-state index in [0.29, 0.717) is 12.4 Å². The maximum Gasteiger partial charge on any atom is 0.176 e. The Morgan fingerprint density at radius 3 is 2.35 bits per heavy atom. The second kappa shape index (κ2) is 6.71. The standard InChI is InChI=1S/C19H13FN2O/c20-18-10-17(12-22-19(18)11-21)23-13-14-6-8-16(9-7-14)15-4-2-1-3-5-15/h1-10,12H,13H2. The molecule has 3 nitrogen and oxygen atoms in total. The molecule has 0 aliphatic heterocycles. The molecule has 0 saturated carbocycles. The van der Waals surface area contributed by atoms with Gasteiger partial charge >= 0.3 is 0 Å². The van der Waals surface area contributed by atoms with Crippen LogP contribution < -0.4 is 4.74 Å². The number of hydrogen-bond acceptors (Lipinski definition) is 3. The van der Waals surface area contributed by atoms with E-state index in [4.69, 9.17) is 10.00 Å². The molecule has 1 aromatic heterocycles. The van der Waals surface area contributed by atoms with E-state index in [1.54, 1.807) is 6.07 Å². The molecule has 0 atom stereocenters. The van der Waals surface area contributed by atoms with Gasteiger partial charge < -0.3 is 4.74 Å². The Hall–Kier alpha value is -3.19.